The van der Waals surface area contributed by atoms with Crippen molar-refractivity contribution in [1.82, 2.24) is 5.32 Å². The van der Waals surface area contributed by atoms with E-state index >= 15 is 0 Å². The van der Waals surface area contributed by atoms with E-state index in [2.05, 4.69) is 19.2 Å². The summed E-state index contributed by atoms with van der Waals surface area (Å²) in [5.74, 6) is 1.30. The Bertz CT molecular complexity index is 538. The second kappa shape index (κ2) is 10.3. The Morgan fingerprint density at radius 2 is 1.92 bits per heavy atom. The van der Waals surface area contributed by atoms with Gasteiger partial charge >= 0.3 is 5.97 Å². The minimum atomic E-state index is -0.738. The van der Waals surface area contributed by atoms with Crippen molar-refractivity contribution < 1.29 is 19.4 Å². The highest BCUT2D eigenvalue weighted by molar-refractivity contribution is 5.74. The maximum absolute atomic E-state index is 11.6. The smallest absolute Gasteiger partial charge is 0.310 e. The molecule has 0 heterocycles. The molecule has 0 aliphatic rings. The zero-order valence-electron chi connectivity index (χ0n) is 16.2. The van der Waals surface area contributed by atoms with Gasteiger partial charge in [-0.15, -0.1) is 0 Å². The van der Waals surface area contributed by atoms with Gasteiger partial charge in [-0.1, -0.05) is 33.8 Å². The molecule has 0 saturated carbocycles. The van der Waals surface area contributed by atoms with E-state index in [1.807, 2.05) is 32.0 Å². The molecule has 25 heavy (non-hydrogen) atoms. The molecule has 0 bridgehead atoms. The lowest BCUT2D eigenvalue weighted by Gasteiger charge is -2.27. The van der Waals surface area contributed by atoms with E-state index in [4.69, 9.17) is 9.47 Å². The Balaban J connectivity index is 2.71. The van der Waals surface area contributed by atoms with E-state index in [9.17, 15) is 9.90 Å². The van der Waals surface area contributed by atoms with Gasteiger partial charge in [-0.2, -0.15) is 0 Å². The number of carboxylic acids is 1. The first-order valence-electron chi connectivity index (χ1n) is 9.12. The first-order valence-corrected chi connectivity index (χ1v) is 9.12. The van der Waals surface area contributed by atoms with Crippen LogP contribution in [0.1, 0.15) is 52.5 Å². The Kier molecular flexibility index (Phi) is 8.76. The van der Waals surface area contributed by atoms with Gasteiger partial charge < -0.3 is 19.9 Å². The number of nitrogens with one attached hydrogen (secondary N) is 1. The molecule has 0 fully saturated rings. The summed E-state index contributed by atoms with van der Waals surface area (Å²) >= 11 is 0. The molecule has 0 aromatic heterocycles. The summed E-state index contributed by atoms with van der Waals surface area (Å²) in [6.45, 7) is 9.87. The van der Waals surface area contributed by atoms with Gasteiger partial charge in [0.25, 0.3) is 0 Å². The van der Waals surface area contributed by atoms with Crippen LogP contribution in [0.2, 0.25) is 0 Å². The van der Waals surface area contributed by atoms with Crippen LogP contribution in [0.4, 0.5) is 0 Å². The Morgan fingerprint density at radius 3 is 2.44 bits per heavy atom. The van der Waals surface area contributed by atoms with Crippen LogP contribution in [-0.4, -0.2) is 31.3 Å². The second-order valence-electron chi connectivity index (χ2n) is 6.91. The average Bonchev–Trinajstić information content (AvgIpc) is 2.58. The molecule has 0 aliphatic heterocycles. The summed E-state index contributed by atoms with van der Waals surface area (Å²) in [4.78, 5) is 11.6. The number of hydrogen-bond acceptors (Lipinski definition) is 4. The van der Waals surface area contributed by atoms with Gasteiger partial charge in [0.15, 0.2) is 11.5 Å². The number of carboxylic acid groups (broad SMARTS) is 1. The molecule has 0 radical (unpaired) electrons. The van der Waals surface area contributed by atoms with Crippen LogP contribution < -0.4 is 14.8 Å². The summed E-state index contributed by atoms with van der Waals surface area (Å²) in [5, 5.41) is 12.8. The largest absolute Gasteiger partial charge is 0.493 e. The van der Waals surface area contributed by atoms with Crippen LogP contribution in [0, 0.1) is 11.3 Å². The monoisotopic (exact) mass is 351 g/mol. The third kappa shape index (κ3) is 6.24. The van der Waals surface area contributed by atoms with Gasteiger partial charge in [0.05, 0.1) is 19.1 Å². The summed E-state index contributed by atoms with van der Waals surface area (Å²) in [6.07, 6.45) is 2.20. The lowest BCUT2D eigenvalue weighted by Crippen LogP contribution is -2.40. The Labute approximate surface area is 151 Å². The van der Waals surface area contributed by atoms with E-state index in [1.54, 1.807) is 7.11 Å². The van der Waals surface area contributed by atoms with Gasteiger partial charge in [-0.05, 0) is 42.9 Å². The lowest BCUT2D eigenvalue weighted by atomic mass is 9.82. The first kappa shape index (κ1) is 21.3. The summed E-state index contributed by atoms with van der Waals surface area (Å²) < 4.78 is 11.2. The summed E-state index contributed by atoms with van der Waals surface area (Å²) in [5.41, 5.74) is 0.343. The third-order valence-electron chi connectivity index (χ3n) is 4.78. The molecule has 1 rings (SSSR count). The molecule has 0 saturated heterocycles. The van der Waals surface area contributed by atoms with Crippen LogP contribution in [0.5, 0.6) is 11.5 Å². The average molecular weight is 351 g/mol. The van der Waals surface area contributed by atoms with Crippen molar-refractivity contribution in [2.45, 2.75) is 53.5 Å². The molecule has 0 unspecified atom stereocenters. The van der Waals surface area contributed by atoms with Gasteiger partial charge in [-0.3, -0.25) is 4.79 Å². The highest BCUT2D eigenvalue weighted by atomic mass is 16.5. The van der Waals surface area contributed by atoms with Crippen molar-refractivity contribution in [2.75, 3.05) is 20.3 Å². The fourth-order valence-electron chi connectivity index (χ4n) is 2.67. The van der Waals surface area contributed by atoms with Crippen molar-refractivity contribution in [3.05, 3.63) is 23.8 Å². The van der Waals surface area contributed by atoms with Crippen molar-refractivity contribution in [3.63, 3.8) is 0 Å². The van der Waals surface area contributed by atoms with Crippen LogP contribution >= 0.6 is 0 Å². The minimum absolute atomic E-state index is 0.449. The van der Waals surface area contributed by atoms with Crippen LogP contribution in [0.25, 0.3) is 0 Å². The first-order chi connectivity index (χ1) is 11.9. The topological polar surface area (TPSA) is 67.8 Å². The lowest BCUT2D eigenvalue weighted by molar-refractivity contribution is -0.149. The normalized spacial score (nSPS) is 11.6. The Hall–Kier alpha value is -1.75. The van der Waals surface area contributed by atoms with E-state index in [0.29, 0.717) is 38.5 Å². The Morgan fingerprint density at radius 1 is 1.24 bits per heavy atom. The quantitative estimate of drug-likeness (QED) is 0.593. The fourth-order valence-corrected chi connectivity index (χ4v) is 2.67. The number of benzene rings is 1. The van der Waals surface area contributed by atoms with Crippen molar-refractivity contribution in [2.24, 2.45) is 11.3 Å². The zero-order chi connectivity index (χ0) is 18.9. The number of carbonyl (C=O) groups is 1. The van der Waals surface area contributed by atoms with Crippen molar-refractivity contribution in [3.8, 4) is 11.5 Å². The number of hydrogen-bond donors (Lipinski definition) is 2. The van der Waals surface area contributed by atoms with Crippen LogP contribution in [-0.2, 0) is 11.3 Å². The summed E-state index contributed by atoms with van der Waals surface area (Å²) in [7, 11) is 1.63. The molecule has 2 N–H and O–H groups in total. The molecule has 0 amide bonds. The minimum Gasteiger partial charge on any atom is -0.493 e. The van der Waals surface area contributed by atoms with Crippen molar-refractivity contribution >= 4 is 5.97 Å². The van der Waals surface area contributed by atoms with E-state index in [1.165, 1.54) is 0 Å². The van der Waals surface area contributed by atoms with E-state index in [0.717, 1.165) is 23.5 Å². The summed E-state index contributed by atoms with van der Waals surface area (Å²) in [6, 6.07) is 5.83. The molecule has 0 aliphatic carbocycles. The highest BCUT2D eigenvalue weighted by Gasteiger charge is 2.34. The molecule has 5 heteroatoms. The van der Waals surface area contributed by atoms with Crippen LogP contribution in [0.3, 0.4) is 0 Å². The molecule has 5 nitrogen and oxygen atoms in total. The van der Waals surface area contributed by atoms with Gasteiger partial charge in [-0.25, -0.2) is 0 Å². The van der Waals surface area contributed by atoms with Gasteiger partial charge in [0.2, 0.25) is 0 Å². The van der Waals surface area contributed by atoms with E-state index < -0.39 is 11.4 Å². The standard InChI is InChI=1S/C20H33NO4/c1-6-20(7-2,19(22)23)14-21-13-16-8-9-17(24-5)18(12-16)25-11-10-15(3)4/h8-9,12,15,21H,6-7,10-11,13-14H2,1-5H3,(H,22,23). The number of methoxy groups -OCH3 is 1. The highest BCUT2D eigenvalue weighted by Crippen LogP contribution is 2.29. The molecule has 1 aromatic carbocycles. The molecule has 1 aromatic rings. The van der Waals surface area contributed by atoms with Gasteiger partial charge in [0, 0.05) is 13.1 Å². The molecular weight excluding hydrogens is 318 g/mol. The van der Waals surface area contributed by atoms with Crippen molar-refractivity contribution in [1.29, 1.82) is 0 Å². The number of ether oxygens (including phenoxy) is 2. The maximum atomic E-state index is 11.6. The third-order valence-corrected chi connectivity index (χ3v) is 4.78. The maximum Gasteiger partial charge on any atom is 0.310 e. The molecule has 0 atom stereocenters. The van der Waals surface area contributed by atoms with Crippen LogP contribution in [0.15, 0.2) is 18.2 Å². The number of rotatable bonds is 12. The number of aliphatic carboxylic acids is 1. The SMILES string of the molecule is CCC(CC)(CNCc1ccc(OC)c(OCCC(C)C)c1)C(=O)O. The zero-order valence-corrected chi connectivity index (χ0v) is 16.2. The predicted octanol–water partition coefficient (Wildman–Crippen LogP) is 4.10. The molecule has 142 valence electrons. The molecular formula is C20H33NO4. The van der Waals surface area contributed by atoms with E-state index in [-0.39, 0.29) is 0 Å². The fraction of sp³-hybridized carbons (Fsp3) is 0.650. The second-order valence-corrected chi connectivity index (χ2v) is 6.91. The molecule has 0 spiro atoms. The van der Waals surface area contributed by atoms with Gasteiger partial charge in [0.1, 0.15) is 0 Å². The predicted molar refractivity (Wildman–Crippen MR) is 100 cm³/mol.